The SMILES string of the molecule is Cc1ccccc1CSc1nc2c(c(C(F)(F)F)c1C#N)CCc1occc1-2. The number of alkyl halides is 3. The van der Waals surface area contributed by atoms with E-state index in [4.69, 9.17) is 4.42 Å². The zero-order chi connectivity index (χ0) is 19.9. The molecule has 0 saturated carbocycles. The number of aromatic nitrogens is 1. The highest BCUT2D eigenvalue weighted by Crippen LogP contribution is 2.45. The van der Waals surface area contributed by atoms with Gasteiger partial charge in [0, 0.05) is 17.7 Å². The van der Waals surface area contributed by atoms with Crippen LogP contribution in [0.25, 0.3) is 11.3 Å². The topological polar surface area (TPSA) is 49.8 Å². The maximum atomic E-state index is 13.9. The van der Waals surface area contributed by atoms with Crippen molar-refractivity contribution < 1.29 is 17.6 Å². The van der Waals surface area contributed by atoms with Gasteiger partial charge in [0.1, 0.15) is 16.9 Å². The molecular weight excluding hydrogens is 385 g/mol. The monoisotopic (exact) mass is 400 g/mol. The quantitative estimate of drug-likeness (QED) is 0.511. The molecule has 0 amide bonds. The Morgan fingerprint density at radius 2 is 2.00 bits per heavy atom. The van der Waals surface area contributed by atoms with Crippen LogP contribution in [-0.2, 0) is 24.8 Å². The second kappa shape index (κ2) is 7.02. The first-order valence-electron chi connectivity index (χ1n) is 8.68. The molecule has 2 aromatic heterocycles. The number of thioether (sulfide) groups is 1. The summed E-state index contributed by atoms with van der Waals surface area (Å²) in [4.78, 5) is 4.50. The Hall–Kier alpha value is -2.72. The third kappa shape index (κ3) is 3.18. The lowest BCUT2D eigenvalue weighted by molar-refractivity contribution is -0.138. The number of hydrogen-bond acceptors (Lipinski definition) is 4. The van der Waals surface area contributed by atoms with Crippen molar-refractivity contribution in [2.24, 2.45) is 0 Å². The molecule has 28 heavy (non-hydrogen) atoms. The highest BCUT2D eigenvalue weighted by molar-refractivity contribution is 7.98. The van der Waals surface area contributed by atoms with Crippen molar-refractivity contribution in [2.45, 2.75) is 36.7 Å². The van der Waals surface area contributed by atoms with E-state index in [1.54, 1.807) is 12.1 Å². The average molecular weight is 400 g/mol. The minimum Gasteiger partial charge on any atom is -0.469 e. The molecule has 3 nitrogen and oxygen atoms in total. The maximum Gasteiger partial charge on any atom is 0.418 e. The van der Waals surface area contributed by atoms with Gasteiger partial charge in [0.15, 0.2) is 0 Å². The van der Waals surface area contributed by atoms with Gasteiger partial charge >= 0.3 is 6.18 Å². The Kier molecular flexibility index (Phi) is 4.68. The van der Waals surface area contributed by atoms with E-state index in [9.17, 15) is 18.4 Å². The van der Waals surface area contributed by atoms with Crippen molar-refractivity contribution in [1.82, 2.24) is 4.98 Å². The Balaban J connectivity index is 1.86. The molecule has 1 aromatic carbocycles. The van der Waals surface area contributed by atoms with E-state index in [2.05, 4.69) is 4.98 Å². The standard InChI is InChI=1S/C21H15F3N2OS/c1-12-4-2-3-5-13(12)11-28-20-16(10-25)18(21(22,23)24)15-6-7-17-14(8-9-27-17)19(15)26-20/h2-5,8-9H,6-7,11H2,1H3. The van der Waals surface area contributed by atoms with E-state index in [1.165, 1.54) is 6.26 Å². The van der Waals surface area contributed by atoms with Crippen molar-refractivity contribution >= 4 is 11.8 Å². The van der Waals surface area contributed by atoms with Crippen LogP contribution >= 0.6 is 11.8 Å². The van der Waals surface area contributed by atoms with Crippen LogP contribution in [0.5, 0.6) is 0 Å². The predicted molar refractivity (Wildman–Crippen MR) is 99.8 cm³/mol. The summed E-state index contributed by atoms with van der Waals surface area (Å²) < 4.78 is 47.1. The number of hydrogen-bond donors (Lipinski definition) is 0. The predicted octanol–water partition coefficient (Wildman–Crippen LogP) is 5.93. The average Bonchev–Trinajstić information content (AvgIpc) is 3.14. The van der Waals surface area contributed by atoms with Crippen LogP contribution in [0.4, 0.5) is 13.2 Å². The van der Waals surface area contributed by atoms with Crippen LogP contribution in [-0.4, -0.2) is 4.98 Å². The normalized spacial score (nSPS) is 13.0. The molecule has 1 aliphatic carbocycles. The second-order valence-electron chi connectivity index (χ2n) is 6.58. The summed E-state index contributed by atoms with van der Waals surface area (Å²) in [7, 11) is 0. The molecule has 4 rings (SSSR count). The smallest absolute Gasteiger partial charge is 0.418 e. The highest BCUT2D eigenvalue weighted by Gasteiger charge is 2.41. The van der Waals surface area contributed by atoms with E-state index in [1.807, 2.05) is 31.2 Å². The minimum absolute atomic E-state index is 0.0817. The lowest BCUT2D eigenvalue weighted by Gasteiger charge is -2.22. The summed E-state index contributed by atoms with van der Waals surface area (Å²) >= 11 is 1.16. The van der Waals surface area contributed by atoms with Crippen molar-refractivity contribution in [3.05, 3.63) is 70.2 Å². The largest absolute Gasteiger partial charge is 0.469 e. The zero-order valence-electron chi connectivity index (χ0n) is 14.9. The molecule has 142 valence electrons. The van der Waals surface area contributed by atoms with Crippen molar-refractivity contribution in [2.75, 3.05) is 0 Å². The Labute approximate surface area is 164 Å². The number of rotatable bonds is 3. The summed E-state index contributed by atoms with van der Waals surface area (Å²) in [5.74, 6) is 1.07. The number of nitrogens with zero attached hydrogens (tertiary/aromatic N) is 2. The second-order valence-corrected chi connectivity index (χ2v) is 7.54. The van der Waals surface area contributed by atoms with E-state index < -0.39 is 17.3 Å². The molecular formula is C21H15F3N2OS. The summed E-state index contributed by atoms with van der Waals surface area (Å²) in [6.45, 7) is 1.94. The molecule has 0 saturated heterocycles. The molecule has 7 heteroatoms. The van der Waals surface area contributed by atoms with Gasteiger partial charge in [-0.25, -0.2) is 4.98 Å². The van der Waals surface area contributed by atoms with E-state index in [-0.39, 0.29) is 22.7 Å². The van der Waals surface area contributed by atoms with Gasteiger partial charge in [-0.2, -0.15) is 18.4 Å². The molecule has 2 heterocycles. The van der Waals surface area contributed by atoms with Gasteiger partial charge in [-0.05, 0) is 36.1 Å². The number of fused-ring (bicyclic) bond motifs is 3. The van der Waals surface area contributed by atoms with E-state index in [0.717, 1.165) is 22.9 Å². The molecule has 0 unspecified atom stereocenters. The van der Waals surface area contributed by atoms with Gasteiger partial charge in [0.05, 0.1) is 23.1 Å². The third-order valence-corrected chi connectivity index (χ3v) is 5.91. The molecule has 0 radical (unpaired) electrons. The summed E-state index contributed by atoms with van der Waals surface area (Å²) in [6, 6.07) is 11.1. The van der Waals surface area contributed by atoms with E-state index in [0.29, 0.717) is 23.5 Å². The number of aryl methyl sites for hydroxylation is 2. The number of halogens is 3. The molecule has 0 atom stereocenters. The lowest BCUT2D eigenvalue weighted by atomic mass is 9.89. The molecule has 0 bridgehead atoms. The summed E-state index contributed by atoms with van der Waals surface area (Å²) in [5, 5.41) is 9.65. The summed E-state index contributed by atoms with van der Waals surface area (Å²) in [6.07, 6.45) is -2.65. The van der Waals surface area contributed by atoms with Crippen LogP contribution in [0, 0.1) is 18.3 Å². The number of nitriles is 1. The van der Waals surface area contributed by atoms with Crippen molar-refractivity contribution in [1.29, 1.82) is 5.26 Å². The number of benzene rings is 1. The van der Waals surface area contributed by atoms with Crippen molar-refractivity contribution in [3.63, 3.8) is 0 Å². The minimum atomic E-state index is -4.63. The lowest BCUT2D eigenvalue weighted by Crippen LogP contribution is -2.18. The van der Waals surface area contributed by atoms with Crippen LogP contribution in [0.1, 0.15) is 33.6 Å². The highest BCUT2D eigenvalue weighted by atomic mass is 32.2. The molecule has 0 spiro atoms. The Morgan fingerprint density at radius 3 is 2.71 bits per heavy atom. The molecule has 3 aromatic rings. The van der Waals surface area contributed by atoms with Gasteiger partial charge in [-0.1, -0.05) is 24.3 Å². The fourth-order valence-corrected chi connectivity index (χ4v) is 4.55. The zero-order valence-corrected chi connectivity index (χ0v) is 15.7. The van der Waals surface area contributed by atoms with Crippen LogP contribution in [0.2, 0.25) is 0 Å². The van der Waals surface area contributed by atoms with Crippen LogP contribution < -0.4 is 0 Å². The Bertz CT molecular complexity index is 1100. The van der Waals surface area contributed by atoms with Gasteiger partial charge < -0.3 is 4.42 Å². The van der Waals surface area contributed by atoms with Crippen LogP contribution in [0.3, 0.4) is 0 Å². The summed E-state index contributed by atoms with van der Waals surface area (Å²) in [5.41, 5.74) is 1.71. The van der Waals surface area contributed by atoms with Gasteiger partial charge in [-0.15, -0.1) is 11.8 Å². The third-order valence-electron chi connectivity index (χ3n) is 4.89. The van der Waals surface area contributed by atoms with E-state index >= 15 is 0 Å². The molecule has 1 aliphatic rings. The molecule has 0 fully saturated rings. The van der Waals surface area contributed by atoms with Crippen molar-refractivity contribution in [3.8, 4) is 17.3 Å². The number of pyridine rings is 1. The maximum absolute atomic E-state index is 13.9. The van der Waals surface area contributed by atoms with Gasteiger partial charge in [-0.3, -0.25) is 0 Å². The first-order chi connectivity index (χ1) is 13.4. The van der Waals surface area contributed by atoms with Gasteiger partial charge in [0.25, 0.3) is 0 Å². The molecule has 0 N–H and O–H groups in total. The first kappa shape index (κ1) is 18.6. The Morgan fingerprint density at radius 1 is 1.21 bits per heavy atom. The number of furan rings is 1. The molecule has 0 aliphatic heterocycles. The first-order valence-corrected chi connectivity index (χ1v) is 9.67. The fourth-order valence-electron chi connectivity index (χ4n) is 3.49. The van der Waals surface area contributed by atoms with Crippen LogP contribution in [0.15, 0.2) is 46.0 Å². The van der Waals surface area contributed by atoms with Gasteiger partial charge in [0.2, 0.25) is 0 Å². The fraction of sp³-hybridized carbons (Fsp3) is 0.238.